The first-order valence-electron chi connectivity index (χ1n) is 11.7. The van der Waals surface area contributed by atoms with Crippen LogP contribution in [-0.4, -0.2) is 60.5 Å². The van der Waals surface area contributed by atoms with Crippen molar-refractivity contribution in [2.75, 3.05) is 5.73 Å². The molecule has 1 unspecified atom stereocenters. The number of hydrogen-bond donors (Lipinski definition) is 4. The van der Waals surface area contributed by atoms with Crippen LogP contribution in [0.1, 0.15) is 59.3 Å². The number of halogens is 3. The first kappa shape index (κ1) is 28.3. The predicted molar refractivity (Wildman–Crippen MR) is 145 cm³/mol. The Morgan fingerprint density at radius 3 is 2.50 bits per heavy atom. The number of aliphatic hydroxyl groups is 2. The number of nitrogens with zero attached hydrogens (tertiary/aromatic N) is 2. The first-order chi connectivity index (χ1) is 17.7. The third kappa shape index (κ3) is 6.44. The lowest BCUT2D eigenvalue weighted by molar-refractivity contribution is 0.0784. The molecule has 190 valence electrons. The minimum atomic E-state index is -2.48. The van der Waals surface area contributed by atoms with Gasteiger partial charge in [0.1, 0.15) is 46.7 Å². The number of aromatic nitrogens is 2. The Labute approximate surface area is 231 Å². The summed E-state index contributed by atoms with van der Waals surface area (Å²) in [7, 11) is 17.0. The summed E-state index contributed by atoms with van der Waals surface area (Å²) in [5.41, 5.74) is 5.67. The molecule has 1 aliphatic rings. The van der Waals surface area contributed by atoms with E-state index in [1.165, 1.54) is 24.3 Å². The lowest BCUT2D eigenvalue weighted by Gasteiger charge is -2.33. The number of nitrogen functional groups attached to an aromatic ring is 1. The van der Waals surface area contributed by atoms with Crippen LogP contribution in [0.3, 0.4) is 0 Å². The van der Waals surface area contributed by atoms with Gasteiger partial charge in [0, 0.05) is 26.9 Å². The SMILES string of the molecule is [B]C1(O)CCC(c2cnc(N)c(-c3ccc(C(=O)NC(c4cc(F)cc(Br)c4)C([B])([B])O)c(F)c3)n2)CC1. The summed E-state index contributed by atoms with van der Waals surface area (Å²) in [6.07, 6.45) is 3.58. The van der Waals surface area contributed by atoms with Gasteiger partial charge in [0.2, 0.25) is 0 Å². The van der Waals surface area contributed by atoms with Crippen LogP contribution in [0.5, 0.6) is 0 Å². The van der Waals surface area contributed by atoms with Crippen LogP contribution in [0.25, 0.3) is 11.3 Å². The standard InChI is InChI=1S/C25H22B3BrF2N4O3/c26-24(37)5-3-12(4-6-24)19-11-33-22(32)20(34-19)13-1-2-17(18(31)9-13)23(36)35-21(25(27,28)38)14-7-15(29)10-16(30)8-14/h1-2,7-12,21,37-38H,3-6H2,(H2,32,33)(H,35,36). The molecule has 1 fully saturated rings. The van der Waals surface area contributed by atoms with Crippen molar-refractivity contribution in [2.45, 2.75) is 48.5 Å². The van der Waals surface area contributed by atoms with E-state index in [1.807, 2.05) is 0 Å². The molecular formula is C25H22B3BrF2N4O3. The zero-order chi connectivity index (χ0) is 27.8. The Morgan fingerprint density at radius 1 is 1.21 bits per heavy atom. The van der Waals surface area contributed by atoms with Crippen molar-refractivity contribution < 1.29 is 23.8 Å². The van der Waals surface area contributed by atoms with E-state index in [-0.39, 0.29) is 34.1 Å². The number of anilines is 1. The largest absolute Gasteiger partial charge is 0.407 e. The lowest BCUT2D eigenvalue weighted by Crippen LogP contribution is -2.47. The van der Waals surface area contributed by atoms with Crippen molar-refractivity contribution >= 4 is 51.2 Å². The zero-order valence-corrected chi connectivity index (χ0v) is 21.8. The molecule has 2 aromatic carbocycles. The molecule has 4 rings (SSSR count). The van der Waals surface area contributed by atoms with E-state index >= 15 is 4.39 Å². The molecule has 1 aliphatic carbocycles. The summed E-state index contributed by atoms with van der Waals surface area (Å²) in [5.74, 6) is -2.44. The summed E-state index contributed by atoms with van der Waals surface area (Å²) in [4.78, 5) is 21.7. The number of nitrogens with two attached hydrogens (primary N) is 1. The molecule has 1 atom stereocenters. The number of hydrogen-bond acceptors (Lipinski definition) is 6. The molecule has 13 heteroatoms. The summed E-state index contributed by atoms with van der Waals surface area (Å²) >= 11 is 3.13. The molecule has 38 heavy (non-hydrogen) atoms. The smallest absolute Gasteiger partial charge is 0.254 e. The fraction of sp³-hybridized carbons (Fsp3) is 0.320. The number of carbonyl (C=O) groups is 1. The normalized spacial score (nSPS) is 20.6. The van der Waals surface area contributed by atoms with E-state index in [4.69, 9.17) is 29.3 Å². The number of rotatable bonds is 6. The maximum atomic E-state index is 15.2. The summed E-state index contributed by atoms with van der Waals surface area (Å²) < 4.78 is 29.4. The highest BCUT2D eigenvalue weighted by Crippen LogP contribution is 2.37. The summed E-state index contributed by atoms with van der Waals surface area (Å²) in [6, 6.07) is 5.90. The number of carbonyl (C=O) groups excluding carboxylic acids is 1. The summed E-state index contributed by atoms with van der Waals surface area (Å²) in [5, 5.41) is 20.1. The van der Waals surface area contributed by atoms with E-state index in [9.17, 15) is 19.4 Å². The second kappa shape index (κ2) is 10.8. The predicted octanol–water partition coefficient (Wildman–Crippen LogP) is 2.74. The van der Waals surface area contributed by atoms with Crippen LogP contribution in [0, 0.1) is 11.6 Å². The monoisotopic (exact) mass is 576 g/mol. The molecule has 5 N–H and O–H groups in total. The van der Waals surface area contributed by atoms with E-state index in [0.717, 1.165) is 12.1 Å². The third-order valence-electron chi connectivity index (χ3n) is 6.53. The van der Waals surface area contributed by atoms with Gasteiger partial charge in [-0.3, -0.25) is 4.79 Å². The Kier molecular flexibility index (Phi) is 8.02. The molecule has 0 spiro atoms. The van der Waals surface area contributed by atoms with Crippen LogP contribution >= 0.6 is 15.9 Å². The summed E-state index contributed by atoms with van der Waals surface area (Å²) in [6.45, 7) is 0. The Hall–Kier alpha value is -2.76. The third-order valence-corrected chi connectivity index (χ3v) is 6.99. The van der Waals surface area contributed by atoms with E-state index < -0.39 is 34.5 Å². The van der Waals surface area contributed by atoms with E-state index in [0.29, 0.717) is 35.8 Å². The van der Waals surface area contributed by atoms with Crippen molar-refractivity contribution in [3.8, 4) is 11.3 Å². The number of amides is 1. The molecule has 6 radical (unpaired) electrons. The molecule has 1 heterocycles. The second-order valence-corrected chi connectivity index (χ2v) is 10.5. The average Bonchev–Trinajstić information content (AvgIpc) is 2.81. The Morgan fingerprint density at radius 2 is 1.89 bits per heavy atom. The number of benzene rings is 2. The van der Waals surface area contributed by atoms with Gasteiger partial charge >= 0.3 is 0 Å². The fourth-order valence-corrected chi connectivity index (χ4v) is 4.98. The number of nitrogens with one attached hydrogen (secondary N) is 1. The van der Waals surface area contributed by atoms with Gasteiger partial charge in [-0.05, 0) is 61.6 Å². The van der Waals surface area contributed by atoms with Gasteiger partial charge in [-0.15, -0.1) is 0 Å². The van der Waals surface area contributed by atoms with Crippen molar-refractivity contribution in [1.29, 1.82) is 0 Å². The highest BCUT2D eigenvalue weighted by Gasteiger charge is 2.32. The molecule has 0 bridgehead atoms. The highest BCUT2D eigenvalue weighted by molar-refractivity contribution is 9.10. The maximum absolute atomic E-state index is 15.2. The minimum absolute atomic E-state index is 0.00615. The Bertz CT molecular complexity index is 1340. The average molecular weight is 577 g/mol. The minimum Gasteiger partial charge on any atom is -0.407 e. The first-order valence-corrected chi connectivity index (χ1v) is 12.5. The molecule has 0 saturated heterocycles. The van der Waals surface area contributed by atoms with Crippen molar-refractivity contribution in [3.05, 3.63) is 75.5 Å². The van der Waals surface area contributed by atoms with Crippen molar-refractivity contribution in [1.82, 2.24) is 15.3 Å². The van der Waals surface area contributed by atoms with Gasteiger partial charge in [0.05, 0.1) is 23.5 Å². The van der Waals surface area contributed by atoms with Crippen LogP contribution < -0.4 is 11.1 Å². The molecular weight excluding hydrogens is 555 g/mol. The van der Waals surface area contributed by atoms with Gasteiger partial charge in [-0.1, -0.05) is 22.0 Å². The zero-order valence-electron chi connectivity index (χ0n) is 20.2. The topological polar surface area (TPSA) is 121 Å². The molecule has 1 saturated carbocycles. The fourth-order valence-electron chi connectivity index (χ4n) is 4.50. The van der Waals surface area contributed by atoms with Crippen LogP contribution in [-0.2, 0) is 0 Å². The molecule has 3 aromatic rings. The molecule has 1 amide bonds. The van der Waals surface area contributed by atoms with Crippen LogP contribution in [0.15, 0.2) is 47.1 Å². The molecule has 0 aliphatic heterocycles. The lowest BCUT2D eigenvalue weighted by atomic mass is 9.59. The van der Waals surface area contributed by atoms with E-state index in [1.54, 1.807) is 6.20 Å². The van der Waals surface area contributed by atoms with Gasteiger partial charge in [-0.25, -0.2) is 18.7 Å². The Balaban J connectivity index is 1.59. The van der Waals surface area contributed by atoms with E-state index in [2.05, 4.69) is 31.2 Å². The van der Waals surface area contributed by atoms with Gasteiger partial charge in [0.25, 0.3) is 5.91 Å². The van der Waals surface area contributed by atoms with Gasteiger partial charge < -0.3 is 21.3 Å². The van der Waals surface area contributed by atoms with Crippen LogP contribution in [0.4, 0.5) is 14.6 Å². The quantitative estimate of drug-likeness (QED) is 0.335. The maximum Gasteiger partial charge on any atom is 0.254 e. The second-order valence-electron chi connectivity index (χ2n) is 9.60. The van der Waals surface area contributed by atoms with Gasteiger partial charge in [0.15, 0.2) is 0 Å². The molecule has 1 aromatic heterocycles. The van der Waals surface area contributed by atoms with Gasteiger partial charge in [-0.2, -0.15) is 0 Å². The molecule has 7 nitrogen and oxygen atoms in total. The van der Waals surface area contributed by atoms with Crippen LogP contribution in [0.2, 0.25) is 0 Å². The highest BCUT2D eigenvalue weighted by atomic mass is 79.9. The van der Waals surface area contributed by atoms with Crippen molar-refractivity contribution in [3.63, 3.8) is 0 Å². The van der Waals surface area contributed by atoms with Crippen molar-refractivity contribution in [2.24, 2.45) is 0 Å².